The van der Waals surface area contributed by atoms with E-state index in [9.17, 15) is 9.50 Å². The number of nitrogens with zero attached hydrogens (tertiary/aromatic N) is 7. The Labute approximate surface area is 173 Å². The predicted octanol–water partition coefficient (Wildman–Crippen LogP) is 2.16. The van der Waals surface area contributed by atoms with Crippen LogP contribution in [-0.2, 0) is 6.42 Å². The van der Waals surface area contributed by atoms with E-state index in [0.29, 0.717) is 55.8 Å². The summed E-state index contributed by atoms with van der Waals surface area (Å²) in [6, 6.07) is 4.60. The third kappa shape index (κ3) is 3.45. The molecule has 30 heavy (non-hydrogen) atoms. The highest BCUT2D eigenvalue weighted by atomic mass is 19.1. The van der Waals surface area contributed by atoms with Gasteiger partial charge in [-0.25, -0.2) is 29.3 Å². The first-order chi connectivity index (χ1) is 14.6. The molecular weight excluding hydrogens is 385 g/mol. The molecule has 0 aliphatic carbocycles. The topological polar surface area (TPSA) is 91.2 Å². The van der Waals surface area contributed by atoms with Crippen molar-refractivity contribution >= 4 is 11.6 Å². The van der Waals surface area contributed by atoms with E-state index in [1.54, 1.807) is 18.5 Å². The zero-order chi connectivity index (χ0) is 20.7. The number of hydrogen-bond donors (Lipinski definition) is 1. The molecule has 0 amide bonds. The van der Waals surface area contributed by atoms with E-state index in [-0.39, 0.29) is 18.0 Å². The summed E-state index contributed by atoms with van der Waals surface area (Å²) in [4.78, 5) is 26.3. The van der Waals surface area contributed by atoms with Gasteiger partial charge in [0.2, 0.25) is 0 Å². The van der Waals surface area contributed by atoms with E-state index < -0.39 is 0 Å². The monoisotopic (exact) mass is 407 g/mol. The van der Waals surface area contributed by atoms with E-state index in [0.717, 1.165) is 11.3 Å². The Hall–Kier alpha value is -3.20. The minimum atomic E-state index is -0.390. The fourth-order valence-corrected chi connectivity index (χ4v) is 4.13. The number of fused-ring (bicyclic) bond motifs is 1. The Morgan fingerprint density at radius 3 is 2.60 bits per heavy atom. The summed E-state index contributed by atoms with van der Waals surface area (Å²) < 4.78 is 14.4. The average molecular weight is 407 g/mol. The first kappa shape index (κ1) is 18.8. The molecule has 0 spiro atoms. The minimum absolute atomic E-state index is 0.0502. The molecule has 3 aromatic heterocycles. The van der Waals surface area contributed by atoms with E-state index >= 15 is 0 Å². The molecule has 0 radical (unpaired) electrons. The molecule has 1 N–H and O–H groups in total. The number of β-amino-alcohol motifs (C(OH)–C–C–N with tert-alkyl or cyclic N) is 1. The molecule has 3 aromatic rings. The standard InChI is InChI=1S/C21H22FN7O/c1-13-16-11-25-21(20-23-5-2-6-24-20)26-17(16)4-8-29(13)19-10-14(22)9-18(27-19)28-7-3-15(30)12-28/h2,5-6,9-11,13,15,30H,3-4,7-8,12H2,1H3. The van der Waals surface area contributed by atoms with Crippen LogP contribution in [0.15, 0.2) is 36.8 Å². The third-order valence-electron chi connectivity index (χ3n) is 5.72. The molecule has 2 unspecified atom stereocenters. The van der Waals surface area contributed by atoms with Crippen molar-refractivity contribution in [3.8, 4) is 11.6 Å². The molecule has 1 fully saturated rings. The van der Waals surface area contributed by atoms with Crippen molar-refractivity contribution in [2.24, 2.45) is 0 Å². The Bertz CT molecular complexity index is 1060. The van der Waals surface area contributed by atoms with Crippen molar-refractivity contribution in [1.29, 1.82) is 0 Å². The fourth-order valence-electron chi connectivity index (χ4n) is 4.13. The number of rotatable bonds is 3. The Morgan fingerprint density at radius 1 is 1.03 bits per heavy atom. The van der Waals surface area contributed by atoms with Gasteiger partial charge in [0.15, 0.2) is 11.6 Å². The number of pyridine rings is 1. The van der Waals surface area contributed by atoms with Gasteiger partial charge >= 0.3 is 0 Å². The molecule has 2 aliphatic rings. The summed E-state index contributed by atoms with van der Waals surface area (Å²) in [5.74, 6) is 1.82. The van der Waals surface area contributed by atoms with Crippen molar-refractivity contribution in [2.45, 2.75) is 31.9 Å². The number of aromatic nitrogens is 5. The molecule has 2 aliphatic heterocycles. The molecule has 8 nitrogen and oxygen atoms in total. The van der Waals surface area contributed by atoms with E-state index in [2.05, 4.69) is 24.8 Å². The predicted molar refractivity (Wildman–Crippen MR) is 110 cm³/mol. The second kappa shape index (κ2) is 7.56. The number of aliphatic hydroxyl groups is 1. The van der Waals surface area contributed by atoms with Crippen molar-refractivity contribution in [3.63, 3.8) is 0 Å². The van der Waals surface area contributed by atoms with Gasteiger partial charge in [-0.1, -0.05) is 0 Å². The normalized spacial score (nSPS) is 21.0. The Balaban J connectivity index is 1.44. The summed E-state index contributed by atoms with van der Waals surface area (Å²) in [6.45, 7) is 3.87. The lowest BCUT2D eigenvalue weighted by molar-refractivity contribution is 0.198. The van der Waals surface area contributed by atoms with Gasteiger partial charge < -0.3 is 14.9 Å². The zero-order valence-electron chi connectivity index (χ0n) is 16.6. The van der Waals surface area contributed by atoms with Gasteiger partial charge in [0.1, 0.15) is 17.5 Å². The summed E-state index contributed by atoms with van der Waals surface area (Å²) in [5.41, 5.74) is 1.95. The van der Waals surface area contributed by atoms with E-state index in [1.165, 1.54) is 12.1 Å². The van der Waals surface area contributed by atoms with Gasteiger partial charge in [-0.05, 0) is 19.4 Å². The van der Waals surface area contributed by atoms with Crippen molar-refractivity contribution in [3.05, 3.63) is 53.9 Å². The maximum absolute atomic E-state index is 14.4. The lowest BCUT2D eigenvalue weighted by Gasteiger charge is -2.36. The van der Waals surface area contributed by atoms with Crippen LogP contribution in [0.2, 0.25) is 0 Å². The molecule has 5 heterocycles. The maximum Gasteiger partial charge on any atom is 0.197 e. The summed E-state index contributed by atoms with van der Waals surface area (Å²) >= 11 is 0. The summed E-state index contributed by atoms with van der Waals surface area (Å²) in [7, 11) is 0. The van der Waals surface area contributed by atoms with Crippen molar-refractivity contribution in [2.75, 3.05) is 29.4 Å². The summed E-state index contributed by atoms with van der Waals surface area (Å²) in [6.07, 6.45) is 6.12. The smallest absolute Gasteiger partial charge is 0.197 e. The van der Waals surface area contributed by atoms with Crippen LogP contribution in [0.4, 0.5) is 16.0 Å². The molecule has 154 valence electrons. The van der Waals surface area contributed by atoms with Crippen LogP contribution in [-0.4, -0.2) is 55.8 Å². The Morgan fingerprint density at radius 2 is 1.83 bits per heavy atom. The minimum Gasteiger partial charge on any atom is -0.391 e. The van der Waals surface area contributed by atoms with Crippen LogP contribution >= 0.6 is 0 Å². The van der Waals surface area contributed by atoms with Gasteiger partial charge in [0.25, 0.3) is 0 Å². The molecule has 5 rings (SSSR count). The van der Waals surface area contributed by atoms with Crippen LogP contribution in [0.5, 0.6) is 0 Å². The quantitative estimate of drug-likeness (QED) is 0.706. The molecule has 9 heteroatoms. The van der Waals surface area contributed by atoms with Crippen LogP contribution in [0.25, 0.3) is 11.6 Å². The number of hydrogen-bond acceptors (Lipinski definition) is 8. The second-order valence-electron chi connectivity index (χ2n) is 7.68. The summed E-state index contributed by atoms with van der Waals surface area (Å²) in [5, 5.41) is 9.81. The van der Waals surface area contributed by atoms with Gasteiger partial charge in [-0.3, -0.25) is 0 Å². The lowest BCUT2D eigenvalue weighted by Crippen LogP contribution is -2.36. The molecule has 0 saturated carbocycles. The highest BCUT2D eigenvalue weighted by Gasteiger charge is 2.29. The Kier molecular flexibility index (Phi) is 4.74. The molecular formula is C21H22FN7O. The fraction of sp³-hybridized carbons (Fsp3) is 0.381. The van der Waals surface area contributed by atoms with Gasteiger partial charge in [0.05, 0.1) is 17.8 Å². The van der Waals surface area contributed by atoms with Crippen LogP contribution < -0.4 is 9.80 Å². The van der Waals surface area contributed by atoms with Gasteiger partial charge in [0, 0.05) is 62.3 Å². The average Bonchev–Trinajstić information content (AvgIpc) is 3.20. The molecule has 1 saturated heterocycles. The largest absolute Gasteiger partial charge is 0.391 e. The van der Waals surface area contributed by atoms with E-state index in [1.807, 2.05) is 18.0 Å². The number of aliphatic hydroxyl groups excluding tert-OH is 1. The maximum atomic E-state index is 14.4. The highest BCUT2D eigenvalue weighted by Crippen LogP contribution is 2.33. The number of anilines is 2. The SMILES string of the molecule is CC1c2cnc(-c3ncccn3)nc2CCN1c1cc(F)cc(N2CCC(O)C2)n1. The number of halogens is 1. The molecule has 0 bridgehead atoms. The lowest BCUT2D eigenvalue weighted by atomic mass is 9.99. The van der Waals surface area contributed by atoms with Crippen LogP contribution in [0.1, 0.15) is 30.6 Å². The first-order valence-corrected chi connectivity index (χ1v) is 10.1. The van der Waals surface area contributed by atoms with Crippen LogP contribution in [0.3, 0.4) is 0 Å². The van der Waals surface area contributed by atoms with Gasteiger partial charge in [-0.15, -0.1) is 0 Å². The zero-order valence-corrected chi connectivity index (χ0v) is 16.6. The van der Waals surface area contributed by atoms with Gasteiger partial charge in [-0.2, -0.15) is 0 Å². The highest BCUT2D eigenvalue weighted by molar-refractivity contribution is 5.53. The van der Waals surface area contributed by atoms with Crippen molar-refractivity contribution in [1.82, 2.24) is 24.9 Å². The van der Waals surface area contributed by atoms with Crippen LogP contribution in [0, 0.1) is 5.82 Å². The van der Waals surface area contributed by atoms with Crippen molar-refractivity contribution < 1.29 is 9.50 Å². The third-order valence-corrected chi connectivity index (χ3v) is 5.72. The van der Waals surface area contributed by atoms with E-state index in [4.69, 9.17) is 4.98 Å². The molecule has 0 aromatic carbocycles. The molecule has 2 atom stereocenters. The second-order valence-corrected chi connectivity index (χ2v) is 7.68. The first-order valence-electron chi connectivity index (χ1n) is 10.1.